The molecule has 2 aliphatic rings. The van der Waals surface area contributed by atoms with Crippen molar-refractivity contribution in [3.63, 3.8) is 0 Å². The van der Waals surface area contributed by atoms with E-state index in [4.69, 9.17) is 9.47 Å². The van der Waals surface area contributed by atoms with E-state index in [2.05, 4.69) is 10.6 Å². The van der Waals surface area contributed by atoms with Gasteiger partial charge in [0.05, 0.1) is 25.7 Å². The van der Waals surface area contributed by atoms with Crippen molar-refractivity contribution in [2.45, 2.75) is 31.3 Å². The van der Waals surface area contributed by atoms with Gasteiger partial charge in [0.25, 0.3) is 0 Å². The van der Waals surface area contributed by atoms with Crippen molar-refractivity contribution >= 4 is 11.9 Å². The van der Waals surface area contributed by atoms with E-state index in [1.165, 1.54) is 0 Å². The van der Waals surface area contributed by atoms with Crippen LogP contribution in [0.1, 0.15) is 19.8 Å². The van der Waals surface area contributed by atoms with Gasteiger partial charge in [0.2, 0.25) is 5.91 Å². The van der Waals surface area contributed by atoms with Crippen LogP contribution in [0.25, 0.3) is 0 Å². The Morgan fingerprint density at radius 3 is 2.75 bits per heavy atom. The first-order valence-corrected chi connectivity index (χ1v) is 7.03. The van der Waals surface area contributed by atoms with E-state index < -0.39 is 11.5 Å². The Morgan fingerprint density at radius 2 is 2.15 bits per heavy atom. The second-order valence-corrected chi connectivity index (χ2v) is 5.38. The number of carbonyl (C=O) groups excluding carboxylic acids is 1. The van der Waals surface area contributed by atoms with Crippen molar-refractivity contribution in [3.05, 3.63) is 0 Å². The molecule has 3 atom stereocenters. The molecule has 2 heterocycles. The predicted molar refractivity (Wildman–Crippen MR) is 70.3 cm³/mol. The van der Waals surface area contributed by atoms with Gasteiger partial charge in [0.15, 0.2) is 5.54 Å². The number of carboxylic acids is 1. The Balaban J connectivity index is 1.97. The first-order valence-electron chi connectivity index (χ1n) is 7.03. The molecule has 7 nitrogen and oxygen atoms in total. The predicted octanol–water partition coefficient (Wildman–Crippen LogP) is -0.639. The van der Waals surface area contributed by atoms with Crippen molar-refractivity contribution in [1.29, 1.82) is 0 Å². The molecule has 0 aliphatic carbocycles. The van der Waals surface area contributed by atoms with E-state index in [-0.39, 0.29) is 24.5 Å². The standard InChI is InChI=1S/C13H22N2O5/c1-2-4-14-10-7-20-6-9(10)11(16)15-13(12(17)18)3-5-19-8-13/h9-10,14H,2-8H2,1H3,(H,15,16)(H,17,18). The van der Waals surface area contributed by atoms with Gasteiger partial charge in [-0.25, -0.2) is 4.79 Å². The summed E-state index contributed by atoms with van der Waals surface area (Å²) in [6.07, 6.45) is 1.27. The molecule has 2 saturated heterocycles. The smallest absolute Gasteiger partial charge is 0.331 e. The van der Waals surface area contributed by atoms with Gasteiger partial charge in [-0.15, -0.1) is 0 Å². The Labute approximate surface area is 118 Å². The lowest BCUT2D eigenvalue weighted by molar-refractivity contribution is -0.148. The zero-order valence-electron chi connectivity index (χ0n) is 11.7. The molecule has 0 aromatic heterocycles. The lowest BCUT2D eigenvalue weighted by Crippen LogP contribution is -2.58. The molecule has 1 amide bonds. The highest BCUT2D eigenvalue weighted by Crippen LogP contribution is 2.22. The summed E-state index contributed by atoms with van der Waals surface area (Å²) in [6.45, 7) is 4.04. The normalized spacial score (nSPS) is 33.2. The van der Waals surface area contributed by atoms with Crippen LogP contribution in [0.15, 0.2) is 0 Å². The SMILES string of the molecule is CCCNC1COCC1C(=O)NC1(C(=O)O)CCOC1. The topological polar surface area (TPSA) is 96.9 Å². The minimum absolute atomic E-state index is 0.0225. The van der Waals surface area contributed by atoms with Crippen LogP contribution in [0.4, 0.5) is 0 Å². The Bertz CT molecular complexity index is 368. The molecule has 2 aliphatic heterocycles. The maximum absolute atomic E-state index is 12.3. The fourth-order valence-corrected chi connectivity index (χ4v) is 2.56. The number of carboxylic acid groups (broad SMARTS) is 1. The number of rotatable bonds is 6. The lowest BCUT2D eigenvalue weighted by Gasteiger charge is -2.27. The van der Waals surface area contributed by atoms with Gasteiger partial charge in [-0.1, -0.05) is 6.92 Å². The van der Waals surface area contributed by atoms with Crippen LogP contribution < -0.4 is 10.6 Å². The summed E-state index contributed by atoms with van der Waals surface area (Å²) in [5.74, 6) is -1.66. The average Bonchev–Trinajstić information content (AvgIpc) is 3.05. The largest absolute Gasteiger partial charge is 0.479 e. The summed E-state index contributed by atoms with van der Waals surface area (Å²) in [5, 5.41) is 15.2. The molecular weight excluding hydrogens is 264 g/mol. The second kappa shape index (κ2) is 6.51. The van der Waals surface area contributed by atoms with Crippen molar-refractivity contribution in [3.8, 4) is 0 Å². The molecule has 3 unspecified atom stereocenters. The van der Waals surface area contributed by atoms with Crippen LogP contribution in [0, 0.1) is 5.92 Å². The summed E-state index contributed by atoms with van der Waals surface area (Å²) in [6, 6.07) is -0.0527. The molecule has 0 radical (unpaired) electrons. The van der Waals surface area contributed by atoms with E-state index >= 15 is 0 Å². The van der Waals surface area contributed by atoms with Gasteiger partial charge in [-0.3, -0.25) is 4.79 Å². The monoisotopic (exact) mass is 286 g/mol. The number of nitrogens with one attached hydrogen (secondary N) is 2. The quantitative estimate of drug-likeness (QED) is 0.601. The fourth-order valence-electron chi connectivity index (χ4n) is 2.56. The van der Waals surface area contributed by atoms with Gasteiger partial charge in [0.1, 0.15) is 0 Å². The van der Waals surface area contributed by atoms with Crippen LogP contribution in [-0.2, 0) is 19.1 Å². The summed E-state index contributed by atoms with van der Waals surface area (Å²) in [4.78, 5) is 23.7. The third-order valence-corrected chi connectivity index (χ3v) is 3.87. The van der Waals surface area contributed by atoms with Crippen molar-refractivity contribution < 1.29 is 24.2 Å². The second-order valence-electron chi connectivity index (χ2n) is 5.38. The lowest BCUT2D eigenvalue weighted by atomic mass is 9.95. The number of carbonyl (C=O) groups is 2. The molecule has 7 heteroatoms. The van der Waals surface area contributed by atoms with Gasteiger partial charge in [-0.05, 0) is 13.0 Å². The summed E-state index contributed by atoms with van der Waals surface area (Å²) < 4.78 is 10.5. The number of aliphatic carboxylic acids is 1. The number of hydrogen-bond acceptors (Lipinski definition) is 5. The highest BCUT2D eigenvalue weighted by Gasteiger charge is 2.46. The zero-order chi connectivity index (χ0) is 14.6. The third-order valence-electron chi connectivity index (χ3n) is 3.87. The Hall–Kier alpha value is -1.18. The van der Waals surface area contributed by atoms with E-state index in [0.29, 0.717) is 26.2 Å². The molecule has 0 spiro atoms. The fraction of sp³-hybridized carbons (Fsp3) is 0.846. The summed E-state index contributed by atoms with van der Waals surface area (Å²) >= 11 is 0. The van der Waals surface area contributed by atoms with Crippen molar-refractivity contribution in [2.75, 3.05) is 33.0 Å². The Kier molecular flexibility index (Phi) is 4.95. The van der Waals surface area contributed by atoms with E-state index in [1.54, 1.807) is 0 Å². The molecular formula is C13H22N2O5. The third kappa shape index (κ3) is 3.11. The molecule has 3 N–H and O–H groups in total. The first-order chi connectivity index (χ1) is 9.59. The van der Waals surface area contributed by atoms with E-state index in [1.807, 2.05) is 6.92 Å². The van der Waals surface area contributed by atoms with Crippen LogP contribution in [0.5, 0.6) is 0 Å². The molecule has 0 saturated carbocycles. The van der Waals surface area contributed by atoms with Crippen LogP contribution in [0.3, 0.4) is 0 Å². The molecule has 2 rings (SSSR count). The van der Waals surface area contributed by atoms with E-state index in [9.17, 15) is 14.7 Å². The van der Waals surface area contributed by atoms with Gasteiger partial charge < -0.3 is 25.2 Å². The minimum Gasteiger partial charge on any atom is -0.479 e. The van der Waals surface area contributed by atoms with Gasteiger partial charge in [0, 0.05) is 19.1 Å². The molecule has 2 fully saturated rings. The van der Waals surface area contributed by atoms with Crippen LogP contribution >= 0.6 is 0 Å². The zero-order valence-corrected chi connectivity index (χ0v) is 11.7. The van der Waals surface area contributed by atoms with E-state index in [0.717, 1.165) is 13.0 Å². The average molecular weight is 286 g/mol. The Morgan fingerprint density at radius 1 is 1.35 bits per heavy atom. The molecule has 0 aromatic rings. The van der Waals surface area contributed by atoms with Crippen LogP contribution in [-0.4, -0.2) is 61.5 Å². The van der Waals surface area contributed by atoms with Crippen molar-refractivity contribution in [2.24, 2.45) is 5.92 Å². The maximum atomic E-state index is 12.3. The highest BCUT2D eigenvalue weighted by molar-refractivity contribution is 5.89. The number of hydrogen-bond donors (Lipinski definition) is 3. The minimum atomic E-state index is -1.28. The highest BCUT2D eigenvalue weighted by atomic mass is 16.5. The maximum Gasteiger partial charge on any atom is 0.331 e. The first kappa shape index (κ1) is 15.2. The molecule has 20 heavy (non-hydrogen) atoms. The summed E-state index contributed by atoms with van der Waals surface area (Å²) in [5.41, 5.74) is -1.28. The van der Waals surface area contributed by atoms with Gasteiger partial charge >= 0.3 is 5.97 Å². The van der Waals surface area contributed by atoms with Crippen LogP contribution in [0.2, 0.25) is 0 Å². The molecule has 0 bridgehead atoms. The molecule has 0 aromatic carbocycles. The summed E-state index contributed by atoms with van der Waals surface area (Å²) in [7, 11) is 0. The molecule has 114 valence electrons. The van der Waals surface area contributed by atoms with Gasteiger partial charge in [-0.2, -0.15) is 0 Å². The number of ether oxygens (including phenoxy) is 2. The van der Waals surface area contributed by atoms with Crippen molar-refractivity contribution in [1.82, 2.24) is 10.6 Å². The number of amides is 1.